The standard InChI is InChI=1S/C19H13N/c20-13-7-1-2-12-19-17-10-5-3-8-15(17)14-16-9-4-6-11-18(16)19/h1-12,14H/b7-1+,12-2+. The monoisotopic (exact) mass is 255 g/mol. The minimum absolute atomic E-state index is 1.20. The zero-order chi connectivity index (χ0) is 13.8. The molecule has 0 saturated carbocycles. The molecule has 0 amide bonds. The second-order valence-electron chi connectivity index (χ2n) is 4.58. The number of allylic oxidation sites excluding steroid dienone is 3. The van der Waals surface area contributed by atoms with Gasteiger partial charge in [-0.2, -0.15) is 5.26 Å². The van der Waals surface area contributed by atoms with E-state index in [4.69, 9.17) is 5.26 Å². The van der Waals surface area contributed by atoms with Crippen molar-refractivity contribution in [3.8, 4) is 6.07 Å². The molecular formula is C19H13N. The van der Waals surface area contributed by atoms with Crippen molar-refractivity contribution in [1.82, 2.24) is 0 Å². The third-order valence-electron chi connectivity index (χ3n) is 3.36. The maximum Gasteiger partial charge on any atom is 0.0912 e. The third-order valence-corrected chi connectivity index (χ3v) is 3.36. The first kappa shape index (κ1) is 12.2. The molecular weight excluding hydrogens is 242 g/mol. The Bertz CT molecular complexity index is 810. The Hall–Kier alpha value is -2.85. The van der Waals surface area contributed by atoms with Crippen LogP contribution in [0.25, 0.3) is 27.6 Å². The van der Waals surface area contributed by atoms with Crippen molar-refractivity contribution in [2.45, 2.75) is 0 Å². The predicted octanol–water partition coefficient (Wildman–Crippen LogP) is 5.09. The van der Waals surface area contributed by atoms with Gasteiger partial charge >= 0.3 is 0 Å². The maximum atomic E-state index is 8.54. The average Bonchev–Trinajstić information content (AvgIpc) is 2.50. The van der Waals surface area contributed by atoms with E-state index in [9.17, 15) is 0 Å². The molecule has 0 atom stereocenters. The molecule has 0 spiro atoms. The zero-order valence-corrected chi connectivity index (χ0v) is 11.0. The summed E-state index contributed by atoms with van der Waals surface area (Å²) >= 11 is 0. The van der Waals surface area contributed by atoms with Crippen LogP contribution in [0.15, 0.2) is 72.8 Å². The summed E-state index contributed by atoms with van der Waals surface area (Å²) in [4.78, 5) is 0. The zero-order valence-electron chi connectivity index (χ0n) is 11.0. The molecule has 0 heterocycles. The van der Waals surface area contributed by atoms with Crippen LogP contribution in [-0.4, -0.2) is 0 Å². The van der Waals surface area contributed by atoms with Gasteiger partial charge in [-0.3, -0.25) is 0 Å². The molecule has 0 aliphatic heterocycles. The summed E-state index contributed by atoms with van der Waals surface area (Å²) in [6, 6.07) is 21.0. The smallest absolute Gasteiger partial charge is 0.0912 e. The Morgan fingerprint density at radius 2 is 1.40 bits per heavy atom. The number of hydrogen-bond acceptors (Lipinski definition) is 1. The maximum absolute atomic E-state index is 8.54. The molecule has 94 valence electrons. The SMILES string of the molecule is N#C/C=C/C=C/c1c2ccccc2cc2ccccc12. The fraction of sp³-hybridized carbons (Fsp3) is 0. The van der Waals surface area contributed by atoms with Crippen LogP contribution in [0, 0.1) is 11.3 Å². The van der Waals surface area contributed by atoms with Gasteiger partial charge in [-0.15, -0.1) is 0 Å². The highest BCUT2D eigenvalue weighted by atomic mass is 14.2. The van der Waals surface area contributed by atoms with Crippen molar-refractivity contribution in [3.05, 3.63) is 78.4 Å². The van der Waals surface area contributed by atoms with Gasteiger partial charge in [0.1, 0.15) is 0 Å². The van der Waals surface area contributed by atoms with Crippen molar-refractivity contribution >= 4 is 27.6 Å². The van der Waals surface area contributed by atoms with Crippen LogP contribution in [0.3, 0.4) is 0 Å². The lowest BCUT2D eigenvalue weighted by Crippen LogP contribution is -1.82. The minimum atomic E-state index is 1.20. The highest BCUT2D eigenvalue weighted by Gasteiger charge is 2.03. The summed E-state index contributed by atoms with van der Waals surface area (Å²) in [5.41, 5.74) is 1.20. The minimum Gasteiger partial charge on any atom is -0.193 e. The lowest BCUT2D eigenvalue weighted by atomic mass is 9.96. The highest BCUT2D eigenvalue weighted by Crippen LogP contribution is 2.29. The van der Waals surface area contributed by atoms with E-state index in [2.05, 4.69) is 60.7 Å². The van der Waals surface area contributed by atoms with Crippen LogP contribution < -0.4 is 0 Å². The molecule has 0 saturated heterocycles. The second kappa shape index (κ2) is 5.42. The molecule has 0 unspecified atom stereocenters. The summed E-state index contributed by atoms with van der Waals surface area (Å²) in [6.07, 6.45) is 7.22. The van der Waals surface area contributed by atoms with Crippen molar-refractivity contribution < 1.29 is 0 Å². The average molecular weight is 255 g/mol. The highest BCUT2D eigenvalue weighted by molar-refractivity contribution is 6.06. The predicted molar refractivity (Wildman–Crippen MR) is 85.2 cm³/mol. The summed E-state index contributed by atoms with van der Waals surface area (Å²) in [5, 5.41) is 13.5. The van der Waals surface area contributed by atoms with Gasteiger partial charge in [0.15, 0.2) is 0 Å². The van der Waals surface area contributed by atoms with Crippen LogP contribution in [0.4, 0.5) is 0 Å². The molecule has 3 aromatic carbocycles. The van der Waals surface area contributed by atoms with Gasteiger partial charge in [0.05, 0.1) is 6.07 Å². The Labute approximate surface area is 118 Å². The normalized spacial score (nSPS) is 11.6. The number of nitriles is 1. The van der Waals surface area contributed by atoms with Gasteiger partial charge in [-0.05, 0) is 33.2 Å². The van der Waals surface area contributed by atoms with E-state index in [0.717, 1.165) is 0 Å². The van der Waals surface area contributed by atoms with Gasteiger partial charge in [-0.25, -0.2) is 0 Å². The Morgan fingerprint density at radius 1 is 0.800 bits per heavy atom. The molecule has 0 aliphatic carbocycles. The van der Waals surface area contributed by atoms with Gasteiger partial charge in [0.25, 0.3) is 0 Å². The number of fused-ring (bicyclic) bond motifs is 2. The largest absolute Gasteiger partial charge is 0.193 e. The number of rotatable bonds is 2. The first-order valence-electron chi connectivity index (χ1n) is 6.53. The second-order valence-corrected chi connectivity index (χ2v) is 4.58. The fourth-order valence-corrected chi connectivity index (χ4v) is 2.48. The Kier molecular flexibility index (Phi) is 3.31. The Balaban J connectivity index is 2.31. The number of hydrogen-bond donors (Lipinski definition) is 0. The van der Waals surface area contributed by atoms with Crippen molar-refractivity contribution in [2.75, 3.05) is 0 Å². The van der Waals surface area contributed by atoms with Crippen molar-refractivity contribution in [2.24, 2.45) is 0 Å². The van der Waals surface area contributed by atoms with Gasteiger partial charge in [0.2, 0.25) is 0 Å². The van der Waals surface area contributed by atoms with Crippen molar-refractivity contribution in [1.29, 1.82) is 5.26 Å². The van der Waals surface area contributed by atoms with Crippen LogP contribution in [0.2, 0.25) is 0 Å². The molecule has 3 aromatic rings. The molecule has 0 aliphatic rings. The fourth-order valence-electron chi connectivity index (χ4n) is 2.48. The van der Waals surface area contributed by atoms with Gasteiger partial charge in [-0.1, -0.05) is 66.8 Å². The molecule has 0 N–H and O–H groups in total. The van der Waals surface area contributed by atoms with E-state index >= 15 is 0 Å². The van der Waals surface area contributed by atoms with Gasteiger partial charge in [0, 0.05) is 6.08 Å². The van der Waals surface area contributed by atoms with E-state index in [-0.39, 0.29) is 0 Å². The van der Waals surface area contributed by atoms with E-state index < -0.39 is 0 Å². The summed E-state index contributed by atoms with van der Waals surface area (Å²) in [7, 11) is 0. The quantitative estimate of drug-likeness (QED) is 0.355. The third kappa shape index (κ3) is 2.20. The summed E-state index contributed by atoms with van der Waals surface area (Å²) < 4.78 is 0. The van der Waals surface area contributed by atoms with E-state index in [1.165, 1.54) is 33.2 Å². The first-order chi connectivity index (χ1) is 9.90. The van der Waals surface area contributed by atoms with Gasteiger partial charge < -0.3 is 0 Å². The van der Waals surface area contributed by atoms with E-state index in [1.54, 1.807) is 6.08 Å². The molecule has 0 bridgehead atoms. The number of nitrogens with zero attached hydrogens (tertiary/aromatic N) is 1. The lowest BCUT2D eigenvalue weighted by Gasteiger charge is -2.07. The molecule has 3 rings (SSSR count). The molecule has 1 heteroatoms. The van der Waals surface area contributed by atoms with Crippen LogP contribution in [0.5, 0.6) is 0 Å². The number of benzene rings is 3. The van der Waals surface area contributed by atoms with Crippen LogP contribution in [-0.2, 0) is 0 Å². The Morgan fingerprint density at radius 3 is 2.00 bits per heavy atom. The summed E-state index contributed by atoms with van der Waals surface area (Å²) in [6.45, 7) is 0. The molecule has 1 nitrogen and oxygen atoms in total. The van der Waals surface area contributed by atoms with E-state index in [0.29, 0.717) is 0 Å². The molecule has 20 heavy (non-hydrogen) atoms. The molecule has 0 aromatic heterocycles. The van der Waals surface area contributed by atoms with Crippen molar-refractivity contribution in [3.63, 3.8) is 0 Å². The van der Waals surface area contributed by atoms with E-state index in [1.807, 2.05) is 12.1 Å². The summed E-state index contributed by atoms with van der Waals surface area (Å²) in [5.74, 6) is 0. The molecule has 0 fully saturated rings. The van der Waals surface area contributed by atoms with Crippen LogP contribution >= 0.6 is 0 Å². The first-order valence-corrected chi connectivity index (χ1v) is 6.53. The lowest BCUT2D eigenvalue weighted by molar-refractivity contribution is 1.53. The topological polar surface area (TPSA) is 23.8 Å². The molecule has 0 radical (unpaired) electrons. The van der Waals surface area contributed by atoms with Crippen LogP contribution in [0.1, 0.15) is 5.56 Å².